The van der Waals surface area contributed by atoms with Gasteiger partial charge in [-0.2, -0.15) is 0 Å². The van der Waals surface area contributed by atoms with Gasteiger partial charge in [0, 0.05) is 42.3 Å². The Morgan fingerprint density at radius 3 is 2.11 bits per heavy atom. The van der Waals surface area contributed by atoms with Crippen molar-refractivity contribution in [1.29, 1.82) is 0 Å². The first kappa shape index (κ1) is 19.3. The number of benzene rings is 1. The fraction of sp³-hybridized carbons (Fsp3) is 0.538. The topological polar surface area (TPSA) is 15.3 Å². The van der Waals surface area contributed by atoms with Crippen molar-refractivity contribution < 1.29 is 0 Å². The molecule has 0 radical (unpaired) electrons. The maximum atomic E-state index is 6.07. The monoisotopic (exact) mass is 344 g/mol. The number of nitrogens with zero attached hydrogens (tertiary/aromatic N) is 1. The highest BCUT2D eigenvalue weighted by atomic mass is 35.5. The van der Waals surface area contributed by atoms with E-state index in [1.54, 1.807) is 6.07 Å². The van der Waals surface area contributed by atoms with Crippen molar-refractivity contribution in [2.45, 2.75) is 19.4 Å². The molecular weight excluding hydrogens is 326 g/mol. The molecule has 0 amide bonds. The average molecular weight is 346 g/mol. The number of hydrogen-bond donors (Lipinski definition) is 1. The molecule has 2 nitrogen and oxygen atoms in total. The SMILES string of the molecule is CC[C@@H](c1cc(Cl)cc(Cl)c1)N1CCNCC1.Cl.Cl. The molecule has 2 rings (SSSR count). The zero-order chi connectivity index (χ0) is 12.3. The molecule has 0 unspecified atom stereocenters. The second-order valence-corrected chi connectivity index (χ2v) is 5.29. The van der Waals surface area contributed by atoms with Crippen LogP contribution >= 0.6 is 48.0 Å². The molecular formula is C13H20Cl4N2. The molecule has 0 bridgehead atoms. The first-order valence-electron chi connectivity index (χ1n) is 6.11. The summed E-state index contributed by atoms with van der Waals surface area (Å²) in [5, 5.41) is 4.82. The van der Waals surface area contributed by atoms with Crippen LogP contribution in [0.2, 0.25) is 10.0 Å². The van der Waals surface area contributed by atoms with Crippen LogP contribution in [0.5, 0.6) is 0 Å². The van der Waals surface area contributed by atoms with E-state index in [-0.39, 0.29) is 24.8 Å². The largest absolute Gasteiger partial charge is 0.314 e. The molecule has 1 aromatic rings. The third kappa shape index (κ3) is 5.30. The summed E-state index contributed by atoms with van der Waals surface area (Å²) in [6, 6.07) is 6.28. The van der Waals surface area contributed by atoms with Gasteiger partial charge < -0.3 is 5.32 Å². The first-order chi connectivity index (χ1) is 8.20. The van der Waals surface area contributed by atoms with Crippen LogP contribution in [0.25, 0.3) is 0 Å². The van der Waals surface area contributed by atoms with Crippen LogP contribution in [0.3, 0.4) is 0 Å². The van der Waals surface area contributed by atoms with Crippen molar-refractivity contribution in [3.63, 3.8) is 0 Å². The van der Waals surface area contributed by atoms with Crippen molar-refractivity contribution in [3.05, 3.63) is 33.8 Å². The van der Waals surface area contributed by atoms with E-state index in [9.17, 15) is 0 Å². The van der Waals surface area contributed by atoms with Gasteiger partial charge in [0.15, 0.2) is 0 Å². The van der Waals surface area contributed by atoms with Crippen molar-refractivity contribution in [2.24, 2.45) is 0 Å². The standard InChI is InChI=1S/C13H18Cl2N2.2ClH/c1-2-13(17-5-3-16-4-6-17)10-7-11(14)9-12(15)8-10;;/h7-9,13,16H,2-6H2,1H3;2*1H/t13-;;/m0../s1. The normalized spacial score (nSPS) is 17.2. The van der Waals surface area contributed by atoms with Gasteiger partial charge in [-0.25, -0.2) is 0 Å². The van der Waals surface area contributed by atoms with Gasteiger partial charge in [0.25, 0.3) is 0 Å². The van der Waals surface area contributed by atoms with Crippen LogP contribution in [-0.4, -0.2) is 31.1 Å². The highest BCUT2D eigenvalue weighted by Crippen LogP contribution is 2.29. The average Bonchev–Trinajstić information content (AvgIpc) is 2.30. The molecule has 1 aromatic carbocycles. The van der Waals surface area contributed by atoms with Gasteiger partial charge in [-0.3, -0.25) is 4.90 Å². The zero-order valence-corrected chi connectivity index (χ0v) is 14.0. The third-order valence-corrected chi connectivity index (χ3v) is 3.69. The second kappa shape index (κ2) is 9.28. The Morgan fingerprint density at radius 1 is 1.11 bits per heavy atom. The zero-order valence-electron chi connectivity index (χ0n) is 10.9. The molecule has 1 atom stereocenters. The molecule has 1 aliphatic rings. The predicted molar refractivity (Wildman–Crippen MR) is 88.4 cm³/mol. The summed E-state index contributed by atoms with van der Waals surface area (Å²) < 4.78 is 0. The molecule has 0 saturated carbocycles. The van der Waals surface area contributed by atoms with Gasteiger partial charge in [0.05, 0.1) is 0 Å². The molecule has 1 heterocycles. The lowest BCUT2D eigenvalue weighted by atomic mass is 10.0. The first-order valence-corrected chi connectivity index (χ1v) is 6.87. The number of rotatable bonds is 3. The molecule has 110 valence electrons. The van der Waals surface area contributed by atoms with E-state index in [4.69, 9.17) is 23.2 Å². The Labute approximate surface area is 137 Å². The summed E-state index contributed by atoms with van der Waals surface area (Å²) in [4.78, 5) is 2.50. The van der Waals surface area contributed by atoms with Crippen molar-refractivity contribution in [3.8, 4) is 0 Å². The van der Waals surface area contributed by atoms with Crippen LogP contribution in [-0.2, 0) is 0 Å². The maximum absolute atomic E-state index is 6.07. The number of hydrogen-bond acceptors (Lipinski definition) is 2. The number of nitrogens with one attached hydrogen (secondary N) is 1. The van der Waals surface area contributed by atoms with Gasteiger partial charge in [-0.1, -0.05) is 30.1 Å². The van der Waals surface area contributed by atoms with Gasteiger partial charge >= 0.3 is 0 Å². The van der Waals surface area contributed by atoms with E-state index in [1.165, 1.54) is 5.56 Å². The molecule has 1 aliphatic heterocycles. The van der Waals surface area contributed by atoms with Crippen LogP contribution in [0.4, 0.5) is 0 Å². The molecule has 1 N–H and O–H groups in total. The van der Waals surface area contributed by atoms with Gasteiger partial charge in [-0.15, -0.1) is 24.8 Å². The molecule has 0 spiro atoms. The number of piperazine rings is 1. The summed E-state index contributed by atoms with van der Waals surface area (Å²) in [5.74, 6) is 0. The predicted octanol–water partition coefficient (Wildman–Crippen LogP) is 4.19. The summed E-state index contributed by atoms with van der Waals surface area (Å²) in [5.41, 5.74) is 1.23. The van der Waals surface area contributed by atoms with Crippen molar-refractivity contribution in [2.75, 3.05) is 26.2 Å². The highest BCUT2D eigenvalue weighted by Gasteiger charge is 2.20. The second-order valence-electron chi connectivity index (χ2n) is 4.41. The summed E-state index contributed by atoms with van der Waals surface area (Å²) in [6.45, 7) is 6.50. The lowest BCUT2D eigenvalue weighted by Crippen LogP contribution is -2.45. The molecule has 0 aliphatic carbocycles. The Morgan fingerprint density at radius 2 is 1.63 bits per heavy atom. The summed E-state index contributed by atoms with van der Waals surface area (Å²) >= 11 is 12.1. The van der Waals surface area contributed by atoms with Crippen LogP contribution in [0, 0.1) is 0 Å². The molecule has 19 heavy (non-hydrogen) atoms. The molecule has 6 heteroatoms. The van der Waals surface area contributed by atoms with E-state index in [1.807, 2.05) is 12.1 Å². The lowest BCUT2D eigenvalue weighted by molar-refractivity contribution is 0.169. The van der Waals surface area contributed by atoms with E-state index >= 15 is 0 Å². The Kier molecular flexibility index (Phi) is 9.42. The van der Waals surface area contributed by atoms with Crippen LogP contribution in [0.15, 0.2) is 18.2 Å². The van der Waals surface area contributed by atoms with E-state index in [0.29, 0.717) is 6.04 Å². The Hall–Kier alpha value is 0.300. The Bertz CT molecular complexity index is 361. The van der Waals surface area contributed by atoms with E-state index in [0.717, 1.165) is 42.6 Å². The molecule has 1 saturated heterocycles. The van der Waals surface area contributed by atoms with Crippen molar-refractivity contribution in [1.82, 2.24) is 10.2 Å². The maximum Gasteiger partial charge on any atom is 0.0424 e. The molecule has 0 aromatic heterocycles. The fourth-order valence-corrected chi connectivity index (χ4v) is 3.01. The van der Waals surface area contributed by atoms with Gasteiger partial charge in [0.2, 0.25) is 0 Å². The number of halogens is 4. The summed E-state index contributed by atoms with van der Waals surface area (Å²) in [6.07, 6.45) is 1.08. The third-order valence-electron chi connectivity index (χ3n) is 3.25. The quantitative estimate of drug-likeness (QED) is 0.883. The van der Waals surface area contributed by atoms with Gasteiger partial charge in [-0.05, 0) is 30.2 Å². The highest BCUT2D eigenvalue weighted by molar-refractivity contribution is 6.34. The van der Waals surface area contributed by atoms with Gasteiger partial charge in [0.1, 0.15) is 0 Å². The van der Waals surface area contributed by atoms with E-state index < -0.39 is 0 Å². The lowest BCUT2D eigenvalue weighted by Gasteiger charge is -2.34. The van der Waals surface area contributed by atoms with Crippen molar-refractivity contribution >= 4 is 48.0 Å². The smallest absolute Gasteiger partial charge is 0.0424 e. The van der Waals surface area contributed by atoms with Crippen LogP contribution in [0.1, 0.15) is 24.9 Å². The molecule has 1 fully saturated rings. The minimum atomic E-state index is 0. The Balaban J connectivity index is 0.00000162. The minimum Gasteiger partial charge on any atom is -0.314 e. The minimum absolute atomic E-state index is 0. The van der Waals surface area contributed by atoms with E-state index in [2.05, 4.69) is 17.1 Å². The van der Waals surface area contributed by atoms with Crippen LogP contribution < -0.4 is 5.32 Å². The summed E-state index contributed by atoms with van der Waals surface area (Å²) in [7, 11) is 0. The fourth-order valence-electron chi connectivity index (χ4n) is 2.47.